The molecule has 24 heavy (non-hydrogen) atoms. The molecule has 0 fully saturated rings. The molecule has 0 spiro atoms. The zero-order valence-corrected chi connectivity index (χ0v) is 15.7. The van der Waals surface area contributed by atoms with Crippen LogP contribution in [0.1, 0.15) is 22.8 Å². The Bertz CT molecular complexity index is 756. The van der Waals surface area contributed by atoms with Crippen molar-refractivity contribution in [1.82, 2.24) is 4.98 Å². The number of aryl methyl sites for hydroxylation is 1. The summed E-state index contributed by atoms with van der Waals surface area (Å²) in [5, 5.41) is 0. The van der Waals surface area contributed by atoms with Crippen molar-refractivity contribution >= 4 is 46.2 Å². The summed E-state index contributed by atoms with van der Waals surface area (Å²) in [6, 6.07) is 14.0. The molecule has 1 heterocycles. The molecule has 1 aromatic heterocycles. The van der Waals surface area contributed by atoms with Crippen molar-refractivity contribution in [2.24, 2.45) is 0 Å². The predicted octanol–water partition coefficient (Wildman–Crippen LogP) is 4.86. The fraction of sp³-hybridized carbons (Fsp3) is 0.263. The standard InChI is InChI=1S/C12H17NOS.C7H5NS/c1-3-13(6-7-15)12-5-4-11(9-14)10(2)8-12;1-2-4-7-6(3-1)8-5-9-7/h4-5,8-9,15H,3,6-7H2,1-2H3;1-5H. The van der Waals surface area contributed by atoms with Crippen LogP contribution >= 0.6 is 24.0 Å². The Balaban J connectivity index is 0.000000194. The van der Waals surface area contributed by atoms with Crippen molar-refractivity contribution in [1.29, 1.82) is 0 Å². The predicted molar refractivity (Wildman–Crippen MR) is 108 cm³/mol. The number of carbonyl (C=O) groups is 1. The smallest absolute Gasteiger partial charge is 0.150 e. The lowest BCUT2D eigenvalue weighted by atomic mass is 10.1. The molecule has 0 saturated heterocycles. The molecule has 0 bridgehead atoms. The maximum Gasteiger partial charge on any atom is 0.150 e. The van der Waals surface area contributed by atoms with Crippen LogP contribution in [-0.2, 0) is 0 Å². The summed E-state index contributed by atoms with van der Waals surface area (Å²) in [7, 11) is 0. The third-order valence-electron chi connectivity index (χ3n) is 3.73. The maximum atomic E-state index is 10.7. The van der Waals surface area contributed by atoms with Crippen LogP contribution in [0.5, 0.6) is 0 Å². The summed E-state index contributed by atoms with van der Waals surface area (Å²) >= 11 is 5.91. The van der Waals surface area contributed by atoms with E-state index in [-0.39, 0.29) is 0 Å². The van der Waals surface area contributed by atoms with Gasteiger partial charge in [0.1, 0.15) is 6.29 Å². The van der Waals surface area contributed by atoms with Gasteiger partial charge in [-0.2, -0.15) is 12.6 Å². The Morgan fingerprint density at radius 1 is 1.25 bits per heavy atom. The molecule has 3 rings (SSSR count). The molecule has 3 aromatic rings. The molecule has 0 aliphatic carbocycles. The van der Waals surface area contributed by atoms with E-state index in [1.165, 1.54) is 4.70 Å². The van der Waals surface area contributed by atoms with E-state index in [1.54, 1.807) is 11.3 Å². The molecule has 126 valence electrons. The topological polar surface area (TPSA) is 33.2 Å². The second-order valence-corrected chi connectivity index (χ2v) is 6.62. The van der Waals surface area contributed by atoms with Gasteiger partial charge in [-0.15, -0.1) is 11.3 Å². The molecule has 0 aliphatic heterocycles. The van der Waals surface area contributed by atoms with Gasteiger partial charge in [0.15, 0.2) is 0 Å². The highest BCUT2D eigenvalue weighted by atomic mass is 32.1. The van der Waals surface area contributed by atoms with Gasteiger partial charge in [-0.05, 0) is 49.7 Å². The molecule has 0 atom stereocenters. The highest BCUT2D eigenvalue weighted by molar-refractivity contribution is 7.80. The van der Waals surface area contributed by atoms with Gasteiger partial charge in [0.2, 0.25) is 0 Å². The fourth-order valence-corrected chi connectivity index (χ4v) is 3.30. The van der Waals surface area contributed by atoms with Crippen molar-refractivity contribution in [3.63, 3.8) is 0 Å². The summed E-state index contributed by atoms with van der Waals surface area (Å²) in [6.45, 7) is 5.97. The van der Waals surface area contributed by atoms with Crippen LogP contribution in [0, 0.1) is 6.92 Å². The van der Waals surface area contributed by atoms with Crippen molar-refractivity contribution < 1.29 is 4.79 Å². The number of fused-ring (bicyclic) bond motifs is 1. The zero-order valence-electron chi connectivity index (χ0n) is 14.0. The van der Waals surface area contributed by atoms with Gasteiger partial charge in [-0.3, -0.25) is 4.79 Å². The van der Waals surface area contributed by atoms with Crippen LogP contribution < -0.4 is 4.90 Å². The average Bonchev–Trinajstić information content (AvgIpc) is 3.09. The van der Waals surface area contributed by atoms with Crippen LogP contribution in [-0.4, -0.2) is 30.1 Å². The normalized spacial score (nSPS) is 10.1. The van der Waals surface area contributed by atoms with E-state index in [1.807, 2.05) is 42.8 Å². The minimum Gasteiger partial charge on any atom is -0.371 e. The van der Waals surface area contributed by atoms with Gasteiger partial charge in [0, 0.05) is 30.1 Å². The Morgan fingerprint density at radius 2 is 2.04 bits per heavy atom. The summed E-state index contributed by atoms with van der Waals surface area (Å²) in [4.78, 5) is 17.1. The highest BCUT2D eigenvalue weighted by Crippen LogP contribution is 2.18. The number of anilines is 1. The van der Waals surface area contributed by atoms with Gasteiger partial charge in [-0.1, -0.05) is 12.1 Å². The molecule has 3 nitrogen and oxygen atoms in total. The number of hydrogen-bond donors (Lipinski definition) is 1. The first-order chi connectivity index (χ1) is 11.7. The molecule has 2 aromatic carbocycles. The zero-order chi connectivity index (χ0) is 17.4. The van der Waals surface area contributed by atoms with Crippen molar-refractivity contribution in [2.45, 2.75) is 13.8 Å². The Morgan fingerprint density at radius 3 is 2.67 bits per heavy atom. The third-order valence-corrected chi connectivity index (χ3v) is 4.74. The van der Waals surface area contributed by atoms with Crippen LogP contribution in [0.3, 0.4) is 0 Å². The number of hydrogen-bond acceptors (Lipinski definition) is 5. The third kappa shape index (κ3) is 4.82. The molecule has 0 N–H and O–H groups in total. The van der Waals surface area contributed by atoms with Crippen LogP contribution in [0.15, 0.2) is 48.0 Å². The number of benzene rings is 2. The average molecular weight is 359 g/mol. The second kappa shape index (κ2) is 9.45. The number of thiol groups is 1. The number of aldehydes is 1. The molecule has 0 aliphatic rings. The van der Waals surface area contributed by atoms with E-state index in [2.05, 4.69) is 41.6 Å². The minimum absolute atomic E-state index is 0.765. The molecular formula is C19H22N2OS2. The SMILES string of the molecule is CCN(CCS)c1ccc(C=O)c(C)c1.c1ccc2scnc2c1. The summed E-state index contributed by atoms with van der Waals surface area (Å²) < 4.78 is 1.26. The molecule has 5 heteroatoms. The van der Waals surface area contributed by atoms with E-state index in [0.717, 1.165) is 47.5 Å². The Labute approximate surface area is 152 Å². The van der Waals surface area contributed by atoms with Crippen LogP contribution in [0.25, 0.3) is 10.2 Å². The quantitative estimate of drug-likeness (QED) is 0.522. The van der Waals surface area contributed by atoms with Crippen molar-refractivity contribution in [3.8, 4) is 0 Å². The van der Waals surface area contributed by atoms with Crippen molar-refractivity contribution in [2.75, 3.05) is 23.7 Å². The summed E-state index contributed by atoms with van der Waals surface area (Å²) in [5.41, 5.74) is 5.92. The second-order valence-electron chi connectivity index (χ2n) is 5.28. The lowest BCUT2D eigenvalue weighted by Crippen LogP contribution is -2.24. The number of thiazole rings is 1. The highest BCUT2D eigenvalue weighted by Gasteiger charge is 2.05. The van der Waals surface area contributed by atoms with Crippen LogP contribution in [0.2, 0.25) is 0 Å². The lowest BCUT2D eigenvalue weighted by Gasteiger charge is -2.22. The number of nitrogens with zero attached hydrogens (tertiary/aromatic N) is 2. The van der Waals surface area contributed by atoms with E-state index >= 15 is 0 Å². The first-order valence-electron chi connectivity index (χ1n) is 7.89. The monoisotopic (exact) mass is 358 g/mol. The van der Waals surface area contributed by atoms with Crippen LogP contribution in [0.4, 0.5) is 5.69 Å². The van der Waals surface area contributed by atoms with E-state index in [9.17, 15) is 4.79 Å². The number of para-hydroxylation sites is 1. The van der Waals surface area contributed by atoms with Gasteiger partial charge < -0.3 is 4.90 Å². The van der Waals surface area contributed by atoms with Gasteiger partial charge in [-0.25, -0.2) is 4.98 Å². The molecule has 0 unspecified atom stereocenters. The molecular weight excluding hydrogens is 336 g/mol. The largest absolute Gasteiger partial charge is 0.371 e. The lowest BCUT2D eigenvalue weighted by molar-refractivity contribution is 0.112. The van der Waals surface area contributed by atoms with E-state index in [4.69, 9.17) is 0 Å². The number of rotatable bonds is 5. The maximum absolute atomic E-state index is 10.7. The van der Waals surface area contributed by atoms with E-state index < -0.39 is 0 Å². The number of aromatic nitrogens is 1. The molecule has 0 amide bonds. The molecule has 0 radical (unpaired) electrons. The Hall–Kier alpha value is -1.85. The van der Waals surface area contributed by atoms with Gasteiger partial charge in [0.05, 0.1) is 15.7 Å². The molecule has 0 saturated carbocycles. The van der Waals surface area contributed by atoms with Crippen molar-refractivity contribution in [3.05, 3.63) is 59.1 Å². The Kier molecular flexibility index (Phi) is 7.28. The summed E-state index contributed by atoms with van der Waals surface area (Å²) in [5.74, 6) is 0.836. The first-order valence-corrected chi connectivity index (χ1v) is 9.40. The fourth-order valence-electron chi connectivity index (χ4n) is 2.38. The van der Waals surface area contributed by atoms with Gasteiger partial charge in [0.25, 0.3) is 0 Å². The van der Waals surface area contributed by atoms with Gasteiger partial charge >= 0.3 is 0 Å². The summed E-state index contributed by atoms with van der Waals surface area (Å²) in [6.07, 6.45) is 0.897. The first kappa shape index (κ1) is 18.5. The number of carbonyl (C=O) groups excluding carboxylic acids is 1. The minimum atomic E-state index is 0.765. The van der Waals surface area contributed by atoms with E-state index in [0.29, 0.717) is 0 Å².